The highest BCUT2D eigenvalue weighted by atomic mass is 19.1. The molecule has 0 bridgehead atoms. The van der Waals surface area contributed by atoms with Crippen LogP contribution in [0.2, 0.25) is 0 Å². The molecule has 3 heterocycles. The molecule has 2 aliphatic rings. The minimum atomic E-state index is -0.506. The van der Waals surface area contributed by atoms with Gasteiger partial charge in [0.2, 0.25) is 0 Å². The van der Waals surface area contributed by atoms with Crippen molar-refractivity contribution in [2.45, 2.75) is 26.8 Å². The predicted octanol–water partition coefficient (Wildman–Crippen LogP) is 7.73. The fourth-order valence-corrected chi connectivity index (χ4v) is 5.55. The van der Waals surface area contributed by atoms with Gasteiger partial charge in [-0.1, -0.05) is 60.7 Å². The standard InChI is InChI=1S/C33H27FN6/c1-20-12-11-18-26(21(20)2)35-31-33-37-32-29(22(3)38-40(32)23-13-5-4-6-14-23)30(24-15-7-8-16-25(24)34)39(33)28-19-10-9-17-27(28)36-31/h4-19,30H,1-3H3,(H,35,36)/t30-/m0/s1. The molecule has 0 aliphatic carbocycles. The van der Waals surface area contributed by atoms with E-state index in [1.807, 2.05) is 90.5 Å². The summed E-state index contributed by atoms with van der Waals surface area (Å²) in [6.07, 6.45) is 0. The maximum absolute atomic E-state index is 15.7. The number of nitrogens with zero attached hydrogens (tertiary/aromatic N) is 5. The summed E-state index contributed by atoms with van der Waals surface area (Å²) in [6, 6.07) is 30.5. The Balaban J connectivity index is 1.55. The van der Waals surface area contributed by atoms with Crippen molar-refractivity contribution >= 4 is 34.6 Å². The van der Waals surface area contributed by atoms with E-state index in [-0.39, 0.29) is 5.82 Å². The van der Waals surface area contributed by atoms with Gasteiger partial charge in [-0.2, -0.15) is 5.10 Å². The van der Waals surface area contributed by atoms with Crippen LogP contribution in [0.4, 0.5) is 27.3 Å². The summed E-state index contributed by atoms with van der Waals surface area (Å²) in [7, 11) is 0. The molecule has 0 saturated carbocycles. The van der Waals surface area contributed by atoms with Crippen LogP contribution < -0.4 is 10.2 Å². The van der Waals surface area contributed by atoms with Gasteiger partial charge >= 0.3 is 0 Å². The molecule has 1 aromatic heterocycles. The number of nitrogens with one attached hydrogen (secondary N) is 1. The predicted molar refractivity (Wildman–Crippen MR) is 159 cm³/mol. The Bertz CT molecular complexity index is 1840. The highest BCUT2D eigenvalue weighted by Gasteiger charge is 2.42. The second-order valence-corrected chi connectivity index (χ2v) is 10.1. The van der Waals surface area contributed by atoms with Crippen LogP contribution in [0, 0.1) is 26.6 Å². The summed E-state index contributed by atoms with van der Waals surface area (Å²) < 4.78 is 17.5. The lowest BCUT2D eigenvalue weighted by atomic mass is 9.92. The minimum Gasteiger partial charge on any atom is -0.335 e. The Morgan fingerprint density at radius 1 is 0.825 bits per heavy atom. The first-order valence-electron chi connectivity index (χ1n) is 13.3. The van der Waals surface area contributed by atoms with Crippen LogP contribution >= 0.6 is 0 Å². The Kier molecular flexibility index (Phi) is 5.59. The van der Waals surface area contributed by atoms with Crippen molar-refractivity contribution in [3.05, 3.63) is 131 Å². The van der Waals surface area contributed by atoms with E-state index in [4.69, 9.17) is 15.1 Å². The van der Waals surface area contributed by atoms with Crippen molar-refractivity contribution in [2.75, 3.05) is 10.2 Å². The number of aryl methyl sites for hydroxylation is 2. The molecule has 0 fully saturated rings. The SMILES string of the molecule is Cc1cccc(N=C2Nc3ccccc3N3C2=Nc2c(c(C)nn2-c2ccccc2)[C@@H]3c2ccccc2F)c1C. The summed E-state index contributed by atoms with van der Waals surface area (Å²) in [5, 5.41) is 8.45. The van der Waals surface area contributed by atoms with E-state index >= 15 is 4.39 Å². The van der Waals surface area contributed by atoms with E-state index in [1.54, 1.807) is 6.07 Å². The number of hydrogen-bond donors (Lipinski definition) is 1. The lowest BCUT2D eigenvalue weighted by Gasteiger charge is -2.42. The molecule has 0 saturated heterocycles. The summed E-state index contributed by atoms with van der Waals surface area (Å²) in [5.41, 5.74) is 7.96. The van der Waals surface area contributed by atoms with Gasteiger partial charge in [0.1, 0.15) is 5.82 Å². The molecule has 2 aliphatic heterocycles. The van der Waals surface area contributed by atoms with Crippen molar-refractivity contribution in [1.82, 2.24) is 9.78 Å². The van der Waals surface area contributed by atoms with Crippen LogP contribution in [0.1, 0.15) is 34.0 Å². The van der Waals surface area contributed by atoms with Crippen molar-refractivity contribution in [1.29, 1.82) is 0 Å². The van der Waals surface area contributed by atoms with Gasteiger partial charge in [-0.3, -0.25) is 0 Å². The molecule has 7 rings (SSSR count). The molecule has 1 atom stereocenters. The Labute approximate surface area is 232 Å². The molecule has 1 N–H and O–H groups in total. The number of aromatic nitrogens is 2. The molecule has 6 nitrogen and oxygen atoms in total. The van der Waals surface area contributed by atoms with Crippen LogP contribution in [0.25, 0.3) is 5.69 Å². The molecule has 0 amide bonds. The van der Waals surface area contributed by atoms with Crippen LogP contribution in [0.3, 0.4) is 0 Å². The highest BCUT2D eigenvalue weighted by molar-refractivity contribution is 6.52. The fraction of sp³-hybridized carbons (Fsp3) is 0.121. The molecular weight excluding hydrogens is 499 g/mol. The zero-order valence-electron chi connectivity index (χ0n) is 22.4. The largest absolute Gasteiger partial charge is 0.335 e. The number of rotatable bonds is 3. The first-order valence-corrected chi connectivity index (χ1v) is 13.3. The van der Waals surface area contributed by atoms with E-state index in [1.165, 1.54) is 6.07 Å². The first-order chi connectivity index (χ1) is 19.5. The number of aliphatic imine (C=N–C) groups is 2. The maximum Gasteiger partial charge on any atom is 0.179 e. The molecule has 0 radical (unpaired) electrons. The molecule has 5 aromatic rings. The monoisotopic (exact) mass is 526 g/mol. The van der Waals surface area contributed by atoms with Crippen molar-refractivity contribution in [3.63, 3.8) is 0 Å². The van der Waals surface area contributed by atoms with Gasteiger partial charge in [0, 0.05) is 11.1 Å². The Morgan fingerprint density at radius 3 is 2.40 bits per heavy atom. The number of amidine groups is 2. The van der Waals surface area contributed by atoms with Gasteiger partial charge in [-0.15, -0.1) is 0 Å². The third-order valence-corrected chi connectivity index (χ3v) is 7.69. The van der Waals surface area contributed by atoms with E-state index < -0.39 is 6.04 Å². The second kappa shape index (κ2) is 9.31. The summed E-state index contributed by atoms with van der Waals surface area (Å²) in [6.45, 7) is 6.11. The molecule has 7 heteroatoms. The van der Waals surface area contributed by atoms with Gasteiger partial charge < -0.3 is 10.2 Å². The van der Waals surface area contributed by atoms with Crippen molar-refractivity contribution in [2.24, 2.45) is 9.98 Å². The quantitative estimate of drug-likeness (QED) is 0.262. The first kappa shape index (κ1) is 24.0. The summed E-state index contributed by atoms with van der Waals surface area (Å²) in [5.74, 6) is 1.59. The van der Waals surface area contributed by atoms with Crippen LogP contribution in [-0.2, 0) is 0 Å². The van der Waals surface area contributed by atoms with Gasteiger partial charge in [-0.25, -0.2) is 19.1 Å². The average molecular weight is 527 g/mol. The van der Waals surface area contributed by atoms with Crippen molar-refractivity contribution in [3.8, 4) is 5.69 Å². The Hall–Kier alpha value is -5.04. The number of fused-ring (bicyclic) bond motifs is 4. The molecule has 0 spiro atoms. The number of anilines is 2. The number of benzene rings is 4. The van der Waals surface area contributed by atoms with E-state index in [0.717, 1.165) is 45.1 Å². The molecule has 196 valence electrons. The average Bonchev–Trinajstić information content (AvgIpc) is 3.31. The van der Waals surface area contributed by atoms with E-state index in [0.29, 0.717) is 23.1 Å². The summed E-state index contributed by atoms with van der Waals surface area (Å²) in [4.78, 5) is 12.4. The molecular formula is C33H27FN6. The topological polar surface area (TPSA) is 57.8 Å². The minimum absolute atomic E-state index is 0.282. The maximum atomic E-state index is 15.7. The second-order valence-electron chi connectivity index (χ2n) is 10.1. The third-order valence-electron chi connectivity index (χ3n) is 7.69. The van der Waals surface area contributed by atoms with E-state index in [9.17, 15) is 0 Å². The zero-order valence-corrected chi connectivity index (χ0v) is 22.4. The van der Waals surface area contributed by atoms with Gasteiger partial charge in [-0.05, 0) is 68.3 Å². The zero-order chi connectivity index (χ0) is 27.4. The van der Waals surface area contributed by atoms with Crippen molar-refractivity contribution < 1.29 is 4.39 Å². The van der Waals surface area contributed by atoms with Gasteiger partial charge in [0.25, 0.3) is 0 Å². The Morgan fingerprint density at radius 2 is 1.57 bits per heavy atom. The van der Waals surface area contributed by atoms with Gasteiger partial charge in [0.05, 0.1) is 34.5 Å². The molecule has 0 unspecified atom stereocenters. The summed E-state index contributed by atoms with van der Waals surface area (Å²) >= 11 is 0. The highest BCUT2D eigenvalue weighted by Crippen LogP contribution is 2.48. The number of para-hydroxylation sites is 3. The molecule has 40 heavy (non-hydrogen) atoms. The lowest BCUT2D eigenvalue weighted by molar-refractivity contribution is 0.597. The van der Waals surface area contributed by atoms with Gasteiger partial charge in [0.15, 0.2) is 17.5 Å². The smallest absolute Gasteiger partial charge is 0.179 e. The fourth-order valence-electron chi connectivity index (χ4n) is 5.55. The third kappa shape index (κ3) is 3.73. The lowest BCUT2D eigenvalue weighted by Crippen LogP contribution is -2.48. The number of halogens is 1. The van der Waals surface area contributed by atoms with Crippen LogP contribution in [0.5, 0.6) is 0 Å². The molecule has 4 aromatic carbocycles. The van der Waals surface area contributed by atoms with Crippen LogP contribution in [0.15, 0.2) is 107 Å². The normalized spacial score (nSPS) is 16.6. The number of hydrogen-bond acceptors (Lipinski definition) is 4. The van der Waals surface area contributed by atoms with Crippen LogP contribution in [-0.4, -0.2) is 21.5 Å². The van der Waals surface area contributed by atoms with E-state index in [2.05, 4.69) is 30.1 Å².